The molecule has 5 aromatic rings. The number of pyridine rings is 2. The molecule has 162 valence electrons. The standard InChI is InChI=1S/C27H23N5O/c1-19-9-11-20(12-10-19)16-30-26(33)18-32-17-23(27(31-32)25-8-4-5-14-28-25)21-13-15-29-24-7-3-2-6-22(21)24/h2-15,17H,16,18H2,1H3,(H,30,33). The number of hydrogen-bond acceptors (Lipinski definition) is 4. The Morgan fingerprint density at radius 3 is 2.52 bits per heavy atom. The van der Waals surface area contributed by atoms with Gasteiger partial charge >= 0.3 is 0 Å². The molecule has 2 aromatic carbocycles. The predicted octanol–water partition coefficient (Wildman–Crippen LogP) is 4.79. The summed E-state index contributed by atoms with van der Waals surface area (Å²) < 4.78 is 1.68. The molecule has 0 saturated carbocycles. The highest BCUT2D eigenvalue weighted by molar-refractivity contribution is 5.97. The molecule has 33 heavy (non-hydrogen) atoms. The lowest BCUT2D eigenvalue weighted by Crippen LogP contribution is -2.27. The summed E-state index contributed by atoms with van der Waals surface area (Å²) in [7, 11) is 0. The summed E-state index contributed by atoms with van der Waals surface area (Å²) >= 11 is 0. The lowest BCUT2D eigenvalue weighted by atomic mass is 10.0. The van der Waals surface area contributed by atoms with E-state index in [1.165, 1.54) is 5.56 Å². The summed E-state index contributed by atoms with van der Waals surface area (Å²) in [5.41, 5.74) is 6.58. The first kappa shape index (κ1) is 20.6. The van der Waals surface area contributed by atoms with Crippen molar-refractivity contribution in [2.75, 3.05) is 0 Å². The first-order valence-corrected chi connectivity index (χ1v) is 10.8. The molecular weight excluding hydrogens is 410 g/mol. The zero-order chi connectivity index (χ0) is 22.6. The van der Waals surface area contributed by atoms with E-state index in [9.17, 15) is 4.79 Å². The van der Waals surface area contributed by atoms with E-state index in [-0.39, 0.29) is 12.5 Å². The molecule has 6 heteroatoms. The molecule has 3 aromatic heterocycles. The van der Waals surface area contributed by atoms with E-state index in [4.69, 9.17) is 5.10 Å². The zero-order valence-corrected chi connectivity index (χ0v) is 18.3. The topological polar surface area (TPSA) is 72.7 Å². The highest BCUT2D eigenvalue weighted by atomic mass is 16.2. The highest BCUT2D eigenvalue weighted by Gasteiger charge is 2.17. The summed E-state index contributed by atoms with van der Waals surface area (Å²) in [6.07, 6.45) is 5.46. The number of hydrogen-bond donors (Lipinski definition) is 1. The number of benzene rings is 2. The van der Waals surface area contributed by atoms with E-state index in [0.29, 0.717) is 6.54 Å². The second-order valence-corrected chi connectivity index (χ2v) is 7.94. The molecule has 0 bridgehead atoms. The van der Waals surface area contributed by atoms with E-state index in [0.717, 1.165) is 39.0 Å². The van der Waals surface area contributed by atoms with Gasteiger partial charge in [-0.25, -0.2) is 0 Å². The van der Waals surface area contributed by atoms with E-state index in [1.807, 2.05) is 85.9 Å². The SMILES string of the molecule is Cc1ccc(CNC(=O)Cn2cc(-c3ccnc4ccccc34)c(-c3ccccn3)n2)cc1. The monoisotopic (exact) mass is 433 g/mol. The molecule has 0 unspecified atom stereocenters. The molecule has 0 saturated heterocycles. The van der Waals surface area contributed by atoms with Gasteiger partial charge in [0.2, 0.25) is 5.91 Å². The molecule has 1 N–H and O–H groups in total. The first-order chi connectivity index (χ1) is 16.2. The van der Waals surface area contributed by atoms with Gasteiger partial charge in [-0.05, 0) is 42.3 Å². The van der Waals surface area contributed by atoms with Crippen LogP contribution in [-0.2, 0) is 17.9 Å². The molecule has 0 aliphatic carbocycles. The second-order valence-electron chi connectivity index (χ2n) is 7.94. The summed E-state index contributed by atoms with van der Waals surface area (Å²) in [6.45, 7) is 2.65. The fraction of sp³-hybridized carbons (Fsp3) is 0.111. The van der Waals surface area contributed by atoms with Gasteiger partial charge in [0.1, 0.15) is 12.2 Å². The third-order valence-corrected chi connectivity index (χ3v) is 5.52. The van der Waals surface area contributed by atoms with Gasteiger partial charge in [-0.15, -0.1) is 0 Å². The van der Waals surface area contributed by atoms with Crippen LogP contribution < -0.4 is 5.32 Å². The number of aromatic nitrogens is 4. The molecule has 6 nitrogen and oxygen atoms in total. The van der Waals surface area contributed by atoms with Gasteiger partial charge in [-0.2, -0.15) is 5.10 Å². The van der Waals surface area contributed by atoms with Crippen LogP contribution in [0.25, 0.3) is 33.4 Å². The van der Waals surface area contributed by atoms with Crippen LogP contribution in [-0.4, -0.2) is 25.7 Å². The van der Waals surface area contributed by atoms with Crippen molar-refractivity contribution >= 4 is 16.8 Å². The Bertz CT molecular complexity index is 1400. The maximum Gasteiger partial charge on any atom is 0.241 e. The van der Waals surface area contributed by atoms with Gasteiger partial charge in [0.05, 0.1) is 11.2 Å². The summed E-state index contributed by atoms with van der Waals surface area (Å²) in [6, 6.07) is 23.9. The van der Waals surface area contributed by atoms with Gasteiger partial charge < -0.3 is 5.32 Å². The van der Waals surface area contributed by atoms with Crippen LogP contribution >= 0.6 is 0 Å². The molecule has 0 aliphatic heterocycles. The second kappa shape index (κ2) is 9.04. The van der Waals surface area contributed by atoms with Crippen molar-refractivity contribution in [1.82, 2.24) is 25.1 Å². The van der Waals surface area contributed by atoms with Crippen LogP contribution in [0.1, 0.15) is 11.1 Å². The Morgan fingerprint density at radius 1 is 0.879 bits per heavy atom. The molecule has 1 amide bonds. The number of carbonyl (C=O) groups excluding carboxylic acids is 1. The number of amides is 1. The van der Waals surface area contributed by atoms with Crippen molar-refractivity contribution in [2.45, 2.75) is 20.0 Å². The van der Waals surface area contributed by atoms with E-state index in [1.54, 1.807) is 17.1 Å². The Labute approximate surface area is 192 Å². The third-order valence-electron chi connectivity index (χ3n) is 5.52. The molecule has 0 spiro atoms. The van der Waals surface area contributed by atoms with Gasteiger partial charge in [0.15, 0.2) is 0 Å². The van der Waals surface area contributed by atoms with Gasteiger partial charge in [0, 0.05) is 36.1 Å². The third kappa shape index (κ3) is 4.50. The van der Waals surface area contributed by atoms with E-state index >= 15 is 0 Å². The van der Waals surface area contributed by atoms with Crippen molar-refractivity contribution in [3.05, 3.63) is 103 Å². The van der Waals surface area contributed by atoms with Crippen molar-refractivity contribution < 1.29 is 4.79 Å². The smallest absolute Gasteiger partial charge is 0.241 e. The van der Waals surface area contributed by atoms with E-state index < -0.39 is 0 Å². The first-order valence-electron chi connectivity index (χ1n) is 10.8. The maximum absolute atomic E-state index is 12.7. The quantitative estimate of drug-likeness (QED) is 0.418. The maximum atomic E-state index is 12.7. The summed E-state index contributed by atoms with van der Waals surface area (Å²) in [5, 5.41) is 8.75. The average Bonchev–Trinajstić information content (AvgIpc) is 3.27. The zero-order valence-electron chi connectivity index (χ0n) is 18.3. The normalized spacial score (nSPS) is 10.9. The van der Waals surface area contributed by atoms with Crippen LogP contribution in [0.3, 0.4) is 0 Å². The van der Waals surface area contributed by atoms with Crippen molar-refractivity contribution in [3.63, 3.8) is 0 Å². The molecule has 0 aliphatic rings. The van der Waals surface area contributed by atoms with Crippen LogP contribution in [0, 0.1) is 6.92 Å². The van der Waals surface area contributed by atoms with Crippen LogP contribution in [0.4, 0.5) is 0 Å². The lowest BCUT2D eigenvalue weighted by Gasteiger charge is -2.06. The van der Waals surface area contributed by atoms with Crippen molar-refractivity contribution in [2.24, 2.45) is 0 Å². The molecule has 3 heterocycles. The molecule has 0 atom stereocenters. The fourth-order valence-electron chi connectivity index (χ4n) is 3.83. The number of para-hydroxylation sites is 1. The Morgan fingerprint density at radius 2 is 1.70 bits per heavy atom. The number of nitrogens with zero attached hydrogens (tertiary/aromatic N) is 4. The van der Waals surface area contributed by atoms with Crippen molar-refractivity contribution in [1.29, 1.82) is 0 Å². The minimum atomic E-state index is -0.100. The Kier molecular flexibility index (Phi) is 5.64. The molecule has 5 rings (SSSR count). The number of carbonyl (C=O) groups is 1. The lowest BCUT2D eigenvalue weighted by molar-refractivity contribution is -0.122. The van der Waals surface area contributed by atoms with Crippen LogP contribution in [0.2, 0.25) is 0 Å². The minimum absolute atomic E-state index is 0.100. The summed E-state index contributed by atoms with van der Waals surface area (Å²) in [5.74, 6) is -0.100. The van der Waals surface area contributed by atoms with Crippen LogP contribution in [0.5, 0.6) is 0 Å². The fourth-order valence-corrected chi connectivity index (χ4v) is 3.83. The highest BCUT2D eigenvalue weighted by Crippen LogP contribution is 2.34. The number of aryl methyl sites for hydroxylation is 1. The number of nitrogens with one attached hydrogen (secondary N) is 1. The van der Waals surface area contributed by atoms with Gasteiger partial charge in [0.25, 0.3) is 0 Å². The largest absolute Gasteiger partial charge is 0.350 e. The van der Waals surface area contributed by atoms with E-state index in [2.05, 4.69) is 15.3 Å². The average molecular weight is 434 g/mol. The number of rotatable bonds is 6. The summed E-state index contributed by atoms with van der Waals surface area (Å²) in [4.78, 5) is 21.6. The predicted molar refractivity (Wildman–Crippen MR) is 129 cm³/mol. The van der Waals surface area contributed by atoms with Crippen LogP contribution in [0.15, 0.2) is 91.4 Å². The van der Waals surface area contributed by atoms with Crippen molar-refractivity contribution in [3.8, 4) is 22.5 Å². The molecule has 0 fully saturated rings. The Hall–Kier alpha value is -4.32. The Balaban J connectivity index is 1.46. The minimum Gasteiger partial charge on any atom is -0.350 e. The number of fused-ring (bicyclic) bond motifs is 1. The van der Waals surface area contributed by atoms with Gasteiger partial charge in [-0.3, -0.25) is 19.4 Å². The van der Waals surface area contributed by atoms with Gasteiger partial charge in [-0.1, -0.05) is 54.1 Å². The molecule has 0 radical (unpaired) electrons. The molecular formula is C27H23N5O.